The molecule has 4 heteroatoms. The Balaban J connectivity index is 2.90. The van der Waals surface area contributed by atoms with Gasteiger partial charge in [-0.2, -0.15) is 5.26 Å². The molecule has 0 spiro atoms. The van der Waals surface area contributed by atoms with E-state index in [1.807, 2.05) is 42.5 Å². The van der Waals surface area contributed by atoms with E-state index >= 15 is 0 Å². The van der Waals surface area contributed by atoms with Crippen molar-refractivity contribution in [2.24, 2.45) is 0 Å². The third-order valence-corrected chi connectivity index (χ3v) is 2.46. The van der Waals surface area contributed by atoms with E-state index in [0.717, 1.165) is 5.56 Å². The summed E-state index contributed by atoms with van der Waals surface area (Å²) >= 11 is 3.30. The number of benzene rings is 1. The summed E-state index contributed by atoms with van der Waals surface area (Å²) in [7, 11) is 0. The van der Waals surface area contributed by atoms with Gasteiger partial charge in [0.25, 0.3) is 0 Å². The van der Waals surface area contributed by atoms with Crippen molar-refractivity contribution in [3.63, 3.8) is 0 Å². The zero-order chi connectivity index (χ0) is 13.4. The lowest BCUT2D eigenvalue weighted by atomic mass is 10.2. The van der Waals surface area contributed by atoms with Crippen LogP contribution < -0.4 is 0 Å². The summed E-state index contributed by atoms with van der Waals surface area (Å²) in [5.41, 5.74) is 0.942. The van der Waals surface area contributed by atoms with E-state index in [0.29, 0.717) is 4.48 Å². The maximum atomic E-state index is 11.4. The first kappa shape index (κ1) is 14.2. The lowest BCUT2D eigenvalue weighted by molar-refractivity contribution is -0.138. The SMILES string of the molecule is CCOC(=O)/C(C#N)=C/C(Br)=C/c1ccccc1. The van der Waals surface area contributed by atoms with Gasteiger partial charge in [0.2, 0.25) is 0 Å². The average molecular weight is 306 g/mol. The van der Waals surface area contributed by atoms with Crippen LogP contribution in [-0.4, -0.2) is 12.6 Å². The molecule has 0 N–H and O–H groups in total. The second-order valence-electron chi connectivity index (χ2n) is 3.33. The molecule has 18 heavy (non-hydrogen) atoms. The number of nitrogens with zero attached hydrogens (tertiary/aromatic N) is 1. The Hall–Kier alpha value is -1.86. The van der Waals surface area contributed by atoms with Crippen molar-refractivity contribution in [3.8, 4) is 6.07 Å². The van der Waals surface area contributed by atoms with Crippen LogP contribution in [0.3, 0.4) is 0 Å². The van der Waals surface area contributed by atoms with E-state index in [1.54, 1.807) is 6.92 Å². The molecule has 1 aromatic rings. The maximum absolute atomic E-state index is 11.4. The summed E-state index contributed by atoms with van der Waals surface area (Å²) in [5.74, 6) is -0.613. The highest BCUT2D eigenvalue weighted by molar-refractivity contribution is 9.12. The number of nitriles is 1. The predicted octanol–water partition coefficient (Wildman–Crippen LogP) is 3.44. The minimum atomic E-state index is -0.613. The molecule has 92 valence electrons. The van der Waals surface area contributed by atoms with Crippen molar-refractivity contribution in [3.05, 3.63) is 52.0 Å². The lowest BCUT2D eigenvalue weighted by Crippen LogP contribution is -2.06. The van der Waals surface area contributed by atoms with Gasteiger partial charge in [0.1, 0.15) is 11.6 Å². The van der Waals surface area contributed by atoms with E-state index in [-0.39, 0.29) is 12.2 Å². The normalized spacial score (nSPS) is 11.8. The van der Waals surface area contributed by atoms with Gasteiger partial charge in [0, 0.05) is 4.48 Å². The van der Waals surface area contributed by atoms with E-state index in [4.69, 9.17) is 10.00 Å². The number of esters is 1. The standard InChI is InChI=1S/C14H12BrNO2/c1-2-18-14(17)12(10-16)9-13(15)8-11-6-4-3-5-7-11/h3-9H,2H2,1H3/b12-9+,13-8-. The highest BCUT2D eigenvalue weighted by Gasteiger charge is 2.09. The number of carbonyl (C=O) groups excluding carboxylic acids is 1. The molecule has 3 nitrogen and oxygen atoms in total. The van der Waals surface area contributed by atoms with Crippen LogP contribution >= 0.6 is 15.9 Å². The van der Waals surface area contributed by atoms with Crippen LogP contribution in [0.2, 0.25) is 0 Å². The van der Waals surface area contributed by atoms with Gasteiger partial charge in [-0.15, -0.1) is 0 Å². The Morgan fingerprint density at radius 2 is 2.11 bits per heavy atom. The van der Waals surface area contributed by atoms with E-state index in [2.05, 4.69) is 15.9 Å². The largest absolute Gasteiger partial charge is 0.462 e. The van der Waals surface area contributed by atoms with Gasteiger partial charge in [-0.3, -0.25) is 0 Å². The van der Waals surface area contributed by atoms with Crippen LogP contribution in [0.5, 0.6) is 0 Å². The van der Waals surface area contributed by atoms with Crippen LogP contribution in [0.25, 0.3) is 6.08 Å². The third kappa shape index (κ3) is 4.56. The van der Waals surface area contributed by atoms with E-state index in [9.17, 15) is 4.79 Å². The van der Waals surface area contributed by atoms with Crippen LogP contribution in [0.1, 0.15) is 12.5 Å². The molecule has 0 saturated carbocycles. The summed E-state index contributed by atoms with van der Waals surface area (Å²) in [4.78, 5) is 11.4. The van der Waals surface area contributed by atoms with Gasteiger partial charge in [-0.1, -0.05) is 46.3 Å². The number of halogens is 1. The van der Waals surface area contributed by atoms with Crippen LogP contribution in [-0.2, 0) is 9.53 Å². The van der Waals surface area contributed by atoms with Crippen LogP contribution in [0, 0.1) is 11.3 Å². The Morgan fingerprint density at radius 3 is 2.67 bits per heavy atom. The predicted molar refractivity (Wildman–Crippen MR) is 73.7 cm³/mol. The number of rotatable bonds is 4. The van der Waals surface area contributed by atoms with Crippen molar-refractivity contribution in [1.29, 1.82) is 5.26 Å². The number of ether oxygens (including phenoxy) is 1. The minimum absolute atomic E-state index is 0.0316. The molecule has 0 atom stereocenters. The monoisotopic (exact) mass is 305 g/mol. The zero-order valence-electron chi connectivity index (χ0n) is 9.89. The second-order valence-corrected chi connectivity index (χ2v) is 4.25. The molecule has 0 bridgehead atoms. The molecule has 0 radical (unpaired) electrons. The van der Waals surface area contributed by atoms with Crippen LogP contribution in [0.4, 0.5) is 0 Å². The molecule has 0 aromatic heterocycles. The molecule has 0 aliphatic carbocycles. The number of hydrogen-bond acceptors (Lipinski definition) is 3. The Bertz CT molecular complexity index is 512. The molecule has 0 amide bonds. The topological polar surface area (TPSA) is 50.1 Å². The smallest absolute Gasteiger partial charge is 0.348 e. The number of hydrogen-bond donors (Lipinski definition) is 0. The average Bonchev–Trinajstić information content (AvgIpc) is 2.37. The number of carbonyl (C=O) groups is 1. The Labute approximate surface area is 115 Å². The van der Waals surface area contributed by atoms with Gasteiger partial charge in [0.15, 0.2) is 0 Å². The van der Waals surface area contributed by atoms with Gasteiger partial charge in [0.05, 0.1) is 6.61 Å². The maximum Gasteiger partial charge on any atom is 0.348 e. The van der Waals surface area contributed by atoms with Gasteiger partial charge in [-0.05, 0) is 24.6 Å². The molecule has 0 aliphatic heterocycles. The van der Waals surface area contributed by atoms with Crippen molar-refractivity contribution >= 4 is 28.0 Å². The fourth-order valence-corrected chi connectivity index (χ4v) is 1.73. The molecule has 1 rings (SSSR count). The van der Waals surface area contributed by atoms with Crippen molar-refractivity contribution in [2.75, 3.05) is 6.61 Å². The molecule has 0 fully saturated rings. The summed E-state index contributed by atoms with van der Waals surface area (Å²) in [5, 5.41) is 8.87. The Kier molecular flexibility index (Phi) is 5.89. The fraction of sp³-hybridized carbons (Fsp3) is 0.143. The summed E-state index contributed by atoms with van der Waals surface area (Å²) < 4.78 is 5.41. The first-order chi connectivity index (χ1) is 8.67. The molecule has 0 saturated heterocycles. The van der Waals surface area contributed by atoms with Gasteiger partial charge < -0.3 is 4.74 Å². The molecular formula is C14H12BrNO2. The molecule has 1 aromatic carbocycles. The van der Waals surface area contributed by atoms with Crippen molar-refractivity contribution < 1.29 is 9.53 Å². The first-order valence-corrected chi connectivity index (χ1v) is 6.18. The second kappa shape index (κ2) is 7.46. The highest BCUT2D eigenvalue weighted by Crippen LogP contribution is 2.15. The lowest BCUT2D eigenvalue weighted by Gasteiger charge is -1.99. The molecule has 0 unspecified atom stereocenters. The quantitative estimate of drug-likeness (QED) is 0.370. The van der Waals surface area contributed by atoms with Crippen LogP contribution in [0.15, 0.2) is 46.5 Å². The van der Waals surface area contributed by atoms with Crippen molar-refractivity contribution in [2.45, 2.75) is 6.92 Å². The first-order valence-electron chi connectivity index (χ1n) is 5.38. The van der Waals surface area contributed by atoms with Crippen molar-refractivity contribution in [1.82, 2.24) is 0 Å². The highest BCUT2D eigenvalue weighted by atomic mass is 79.9. The summed E-state index contributed by atoms with van der Waals surface area (Å²) in [6, 6.07) is 11.4. The van der Waals surface area contributed by atoms with E-state index in [1.165, 1.54) is 6.08 Å². The molecule has 0 heterocycles. The summed E-state index contributed by atoms with van der Waals surface area (Å²) in [6.07, 6.45) is 3.27. The Morgan fingerprint density at radius 1 is 1.44 bits per heavy atom. The van der Waals surface area contributed by atoms with Gasteiger partial charge >= 0.3 is 5.97 Å². The summed E-state index contributed by atoms with van der Waals surface area (Å²) in [6.45, 7) is 1.94. The molecule has 0 aliphatic rings. The molecular weight excluding hydrogens is 294 g/mol. The minimum Gasteiger partial charge on any atom is -0.462 e. The van der Waals surface area contributed by atoms with Gasteiger partial charge in [-0.25, -0.2) is 4.79 Å². The third-order valence-electron chi connectivity index (χ3n) is 2.00. The zero-order valence-corrected chi connectivity index (χ0v) is 11.5. The fourth-order valence-electron chi connectivity index (χ4n) is 1.23. The van der Waals surface area contributed by atoms with E-state index < -0.39 is 5.97 Å². The number of allylic oxidation sites excluding steroid dienone is 2.